The minimum absolute atomic E-state index is 0.887. The Kier molecular flexibility index (Phi) is 9.84. The van der Waals surface area contributed by atoms with Gasteiger partial charge in [0.2, 0.25) is 0 Å². The normalized spacial score (nSPS) is 11.5. The second kappa shape index (κ2) is 16.9. The number of rotatable bonds is 9. The minimum atomic E-state index is 0.887. The molecule has 13 aromatic rings. The van der Waals surface area contributed by atoms with Gasteiger partial charge in [-0.25, -0.2) is 0 Å². The summed E-state index contributed by atoms with van der Waals surface area (Å²) in [6.45, 7) is 0. The Labute approximate surface area is 401 Å². The maximum Gasteiger partial charge on any atom is 0.136 e. The predicted octanol–water partition coefficient (Wildman–Crippen LogP) is 18.5. The van der Waals surface area contributed by atoms with Gasteiger partial charge in [-0.2, -0.15) is 0 Å². The Morgan fingerprint density at radius 1 is 0.275 bits per heavy atom. The largest absolute Gasteiger partial charge is 0.456 e. The highest BCUT2D eigenvalue weighted by atomic mass is 16.3. The van der Waals surface area contributed by atoms with E-state index >= 15 is 0 Å². The van der Waals surface area contributed by atoms with Crippen molar-refractivity contribution in [2.45, 2.75) is 0 Å². The first-order valence-electron chi connectivity index (χ1n) is 23.6. The van der Waals surface area contributed by atoms with Gasteiger partial charge in [0.25, 0.3) is 0 Å². The van der Waals surface area contributed by atoms with Crippen LogP contribution >= 0.6 is 0 Å². The second-order valence-corrected chi connectivity index (χ2v) is 17.7. The van der Waals surface area contributed by atoms with Gasteiger partial charge in [-0.05, 0) is 128 Å². The summed E-state index contributed by atoms with van der Waals surface area (Å²) in [5.41, 5.74) is 20.2. The molecule has 69 heavy (non-hydrogen) atoms. The third-order valence-corrected chi connectivity index (χ3v) is 13.6. The fourth-order valence-electron chi connectivity index (χ4n) is 10.3. The highest BCUT2D eigenvalue weighted by Crippen LogP contribution is 2.42. The fraction of sp³-hybridized carbons (Fsp3) is 0. The van der Waals surface area contributed by atoms with Gasteiger partial charge in [-0.3, -0.25) is 0 Å². The molecule has 0 unspecified atom stereocenters. The minimum Gasteiger partial charge on any atom is -0.456 e. The smallest absolute Gasteiger partial charge is 0.136 e. The van der Waals surface area contributed by atoms with E-state index < -0.39 is 0 Å². The van der Waals surface area contributed by atoms with Crippen molar-refractivity contribution in [3.8, 4) is 61.3 Å². The summed E-state index contributed by atoms with van der Waals surface area (Å²) >= 11 is 0. The number of anilines is 3. The predicted molar refractivity (Wildman–Crippen MR) is 290 cm³/mol. The van der Waals surface area contributed by atoms with E-state index in [0.29, 0.717) is 0 Å². The Morgan fingerprint density at radius 3 is 1.35 bits per heavy atom. The zero-order valence-electron chi connectivity index (χ0n) is 37.7. The van der Waals surface area contributed by atoms with Gasteiger partial charge in [0, 0.05) is 44.3 Å². The zero-order chi connectivity index (χ0) is 45.7. The highest BCUT2D eigenvalue weighted by Gasteiger charge is 2.18. The Hall–Kier alpha value is -9.18. The molecule has 2 aromatic heterocycles. The molecule has 2 heterocycles. The Morgan fingerprint density at radius 2 is 0.710 bits per heavy atom. The molecule has 324 valence electrons. The van der Waals surface area contributed by atoms with E-state index in [9.17, 15) is 0 Å². The number of furan rings is 1. The average Bonchev–Trinajstić information content (AvgIpc) is 3.98. The number of hydrogen-bond acceptors (Lipinski definition) is 2. The van der Waals surface area contributed by atoms with Crippen LogP contribution in [-0.4, -0.2) is 4.57 Å². The third-order valence-electron chi connectivity index (χ3n) is 13.6. The molecule has 3 heteroatoms. The van der Waals surface area contributed by atoms with Crippen LogP contribution in [0.3, 0.4) is 0 Å². The maximum absolute atomic E-state index is 6.33. The summed E-state index contributed by atoms with van der Waals surface area (Å²) in [7, 11) is 0. The van der Waals surface area contributed by atoms with Crippen LogP contribution in [0.25, 0.3) is 105 Å². The summed E-state index contributed by atoms with van der Waals surface area (Å²) in [5, 5.41) is 4.78. The molecular weight excluding hydrogens is 837 g/mol. The van der Waals surface area contributed by atoms with E-state index in [1.54, 1.807) is 0 Å². The molecule has 13 rings (SSSR count). The van der Waals surface area contributed by atoms with Crippen molar-refractivity contribution in [3.63, 3.8) is 0 Å². The van der Waals surface area contributed by atoms with Crippen molar-refractivity contribution in [2.75, 3.05) is 4.90 Å². The molecule has 0 saturated carbocycles. The van der Waals surface area contributed by atoms with Crippen molar-refractivity contribution in [3.05, 3.63) is 267 Å². The van der Waals surface area contributed by atoms with E-state index in [-0.39, 0.29) is 0 Å². The van der Waals surface area contributed by atoms with Crippen LogP contribution in [0.2, 0.25) is 0 Å². The van der Waals surface area contributed by atoms with Gasteiger partial charge in [0.15, 0.2) is 0 Å². The van der Waals surface area contributed by atoms with Gasteiger partial charge in [-0.15, -0.1) is 0 Å². The molecule has 0 spiro atoms. The molecule has 0 aliphatic carbocycles. The van der Waals surface area contributed by atoms with E-state index in [0.717, 1.165) is 66.9 Å². The number of para-hydroxylation sites is 3. The van der Waals surface area contributed by atoms with E-state index in [1.807, 2.05) is 12.1 Å². The first-order chi connectivity index (χ1) is 34.2. The van der Waals surface area contributed by atoms with E-state index in [1.165, 1.54) is 55.2 Å². The van der Waals surface area contributed by atoms with Crippen molar-refractivity contribution in [2.24, 2.45) is 0 Å². The highest BCUT2D eigenvalue weighted by molar-refractivity contribution is 6.13. The molecule has 0 N–H and O–H groups in total. The lowest BCUT2D eigenvalue weighted by Gasteiger charge is -2.27. The number of aromatic nitrogens is 1. The van der Waals surface area contributed by atoms with Crippen molar-refractivity contribution < 1.29 is 4.42 Å². The molecule has 0 atom stereocenters. The number of benzene rings is 11. The summed E-state index contributed by atoms with van der Waals surface area (Å²) in [4.78, 5) is 2.37. The van der Waals surface area contributed by atoms with Gasteiger partial charge in [0.05, 0.1) is 11.0 Å². The molecule has 3 nitrogen and oxygen atoms in total. The quantitative estimate of drug-likeness (QED) is 0.144. The van der Waals surface area contributed by atoms with Crippen molar-refractivity contribution in [1.29, 1.82) is 0 Å². The van der Waals surface area contributed by atoms with Crippen LogP contribution in [0, 0.1) is 0 Å². The van der Waals surface area contributed by atoms with Crippen LogP contribution < -0.4 is 4.90 Å². The lowest BCUT2D eigenvalue weighted by molar-refractivity contribution is 0.669. The summed E-state index contributed by atoms with van der Waals surface area (Å²) in [5.74, 6) is 0. The molecule has 11 aromatic carbocycles. The van der Waals surface area contributed by atoms with E-state index in [4.69, 9.17) is 4.42 Å². The van der Waals surface area contributed by atoms with Crippen molar-refractivity contribution >= 4 is 60.8 Å². The second-order valence-electron chi connectivity index (χ2n) is 17.7. The van der Waals surface area contributed by atoms with Gasteiger partial charge in [0.1, 0.15) is 11.2 Å². The van der Waals surface area contributed by atoms with Crippen molar-refractivity contribution in [1.82, 2.24) is 4.57 Å². The molecular formula is C66H44N2O. The van der Waals surface area contributed by atoms with Gasteiger partial charge in [-0.1, -0.05) is 194 Å². The SMILES string of the molecule is c1ccc(-c2ccc(-c3cccc(N(c4ccc(-c5ccc(-c6cccc(-n7c8ccccc8c8ccccc87)c6)cc5)cc4)c4cccc(-c5cccc6oc7ccccc7c56)c4)c3)cc2)cc1. The summed E-state index contributed by atoms with van der Waals surface area (Å²) in [6.07, 6.45) is 0. The fourth-order valence-corrected chi connectivity index (χ4v) is 10.3. The lowest BCUT2D eigenvalue weighted by Crippen LogP contribution is -2.10. The number of hydrogen-bond donors (Lipinski definition) is 0. The van der Waals surface area contributed by atoms with Crippen LogP contribution in [0.5, 0.6) is 0 Å². The number of nitrogens with zero attached hydrogens (tertiary/aromatic N) is 2. The van der Waals surface area contributed by atoms with Crippen LogP contribution in [0.4, 0.5) is 17.1 Å². The van der Waals surface area contributed by atoms with Crippen LogP contribution in [-0.2, 0) is 0 Å². The lowest BCUT2D eigenvalue weighted by atomic mass is 9.98. The standard InChI is InChI=1S/C66H44N2O/c1-2-14-45(15-3-1)46-30-34-49(35-31-46)51-16-10-19-55(42-51)67(56-20-12-18-53(44-56)58-25-13-29-65-66(58)61-24-6-9-28-64(61)69-65)54-40-38-48(39-41-54)47-32-36-50(37-33-47)52-17-11-21-57(43-52)68-62-26-7-4-22-59(62)60-23-5-8-27-63(60)68/h1-44H. The first-order valence-corrected chi connectivity index (χ1v) is 23.6. The molecule has 0 saturated heterocycles. The average molecular weight is 881 g/mol. The van der Waals surface area contributed by atoms with Gasteiger partial charge >= 0.3 is 0 Å². The third kappa shape index (κ3) is 7.25. The number of fused-ring (bicyclic) bond motifs is 6. The Balaban J connectivity index is 0.855. The molecule has 0 aliphatic rings. The molecule has 0 amide bonds. The van der Waals surface area contributed by atoms with Crippen LogP contribution in [0.15, 0.2) is 271 Å². The molecule has 0 radical (unpaired) electrons. The molecule has 0 aliphatic heterocycles. The molecule has 0 bridgehead atoms. The van der Waals surface area contributed by atoms with Crippen LogP contribution in [0.1, 0.15) is 0 Å². The first kappa shape index (κ1) is 40.1. The topological polar surface area (TPSA) is 21.3 Å². The zero-order valence-corrected chi connectivity index (χ0v) is 37.7. The monoisotopic (exact) mass is 880 g/mol. The maximum atomic E-state index is 6.33. The Bertz CT molecular complexity index is 3940. The summed E-state index contributed by atoms with van der Waals surface area (Å²) < 4.78 is 8.71. The van der Waals surface area contributed by atoms with Gasteiger partial charge < -0.3 is 13.9 Å². The summed E-state index contributed by atoms with van der Waals surface area (Å²) in [6, 6.07) is 96.1. The van der Waals surface area contributed by atoms with E-state index in [2.05, 4.69) is 264 Å². The molecule has 0 fully saturated rings.